The molecule has 5 heteroatoms. The summed E-state index contributed by atoms with van der Waals surface area (Å²) in [5.74, 6) is 2.24. The summed E-state index contributed by atoms with van der Waals surface area (Å²) in [5.41, 5.74) is 6.00. The second-order valence-electron chi connectivity index (χ2n) is 5.21. The molecule has 110 valence electrons. The molecule has 2 rings (SSSR count). The lowest BCUT2D eigenvalue weighted by atomic mass is 10.00. The molecular weight excluding hydrogens is 274 g/mol. The van der Waals surface area contributed by atoms with Crippen LogP contribution in [0.3, 0.4) is 0 Å². The van der Waals surface area contributed by atoms with E-state index in [-0.39, 0.29) is 0 Å². The Morgan fingerprint density at radius 3 is 2.65 bits per heavy atom. The van der Waals surface area contributed by atoms with Gasteiger partial charge in [0.1, 0.15) is 12.4 Å². The lowest BCUT2D eigenvalue weighted by molar-refractivity contribution is 0.276. The molecule has 0 aromatic heterocycles. The van der Waals surface area contributed by atoms with Crippen molar-refractivity contribution >= 4 is 17.6 Å². The Bertz CT molecular complexity index is 439. The molecule has 1 aromatic rings. The van der Waals surface area contributed by atoms with E-state index < -0.39 is 0 Å². The zero-order valence-corrected chi connectivity index (χ0v) is 12.6. The van der Waals surface area contributed by atoms with Crippen LogP contribution in [0, 0.1) is 5.92 Å². The normalized spacial score (nSPS) is 17.3. The van der Waals surface area contributed by atoms with Crippen molar-refractivity contribution in [1.29, 1.82) is 0 Å². The molecule has 1 heterocycles. The summed E-state index contributed by atoms with van der Waals surface area (Å²) in [5, 5.41) is 0.707. The van der Waals surface area contributed by atoms with Crippen LogP contribution >= 0.6 is 11.6 Å². The van der Waals surface area contributed by atoms with Crippen LogP contribution in [0.2, 0.25) is 5.02 Å². The van der Waals surface area contributed by atoms with E-state index in [0.717, 1.165) is 24.8 Å². The van der Waals surface area contributed by atoms with Crippen molar-refractivity contribution in [3.63, 3.8) is 0 Å². The molecule has 1 aliphatic heterocycles. The van der Waals surface area contributed by atoms with Gasteiger partial charge in [-0.2, -0.15) is 0 Å². The van der Waals surface area contributed by atoms with Crippen molar-refractivity contribution in [3.05, 3.63) is 29.3 Å². The van der Waals surface area contributed by atoms with Gasteiger partial charge >= 0.3 is 0 Å². The van der Waals surface area contributed by atoms with Crippen LogP contribution in [0.15, 0.2) is 29.3 Å². The highest BCUT2D eigenvalue weighted by atomic mass is 35.5. The Kier molecular flexibility index (Phi) is 5.53. The number of nitrogens with zero attached hydrogens (tertiary/aromatic N) is 2. The molecule has 0 radical (unpaired) electrons. The minimum absolute atomic E-state index is 0.520. The highest BCUT2D eigenvalue weighted by Crippen LogP contribution is 2.16. The smallest absolute Gasteiger partial charge is 0.191 e. The number of aliphatic imine (C=N–C) groups is 1. The van der Waals surface area contributed by atoms with E-state index in [1.807, 2.05) is 24.3 Å². The minimum Gasteiger partial charge on any atom is -0.492 e. The van der Waals surface area contributed by atoms with Crippen molar-refractivity contribution in [3.8, 4) is 5.75 Å². The number of benzene rings is 1. The van der Waals surface area contributed by atoms with Gasteiger partial charge in [-0.3, -0.25) is 0 Å². The van der Waals surface area contributed by atoms with E-state index in [4.69, 9.17) is 22.1 Å². The second kappa shape index (κ2) is 7.39. The fraction of sp³-hybridized carbons (Fsp3) is 0.533. The Morgan fingerprint density at radius 2 is 2.00 bits per heavy atom. The van der Waals surface area contributed by atoms with Gasteiger partial charge in [0.25, 0.3) is 0 Å². The number of halogens is 1. The van der Waals surface area contributed by atoms with Gasteiger partial charge in [-0.05, 0) is 43.0 Å². The van der Waals surface area contributed by atoms with E-state index in [0.29, 0.717) is 24.1 Å². The molecule has 1 aliphatic rings. The number of piperidine rings is 1. The van der Waals surface area contributed by atoms with Crippen LogP contribution in [0.1, 0.15) is 19.8 Å². The standard InChI is InChI=1S/C15H22ClN3O/c1-12-6-9-19(10-7-12)15(17)18-8-11-20-14-4-2-13(16)3-5-14/h2-5,12H,6-11H2,1H3,(H2,17,18). The molecule has 0 unspecified atom stereocenters. The topological polar surface area (TPSA) is 50.8 Å². The molecular formula is C15H22ClN3O. The Morgan fingerprint density at radius 1 is 1.35 bits per heavy atom. The molecule has 20 heavy (non-hydrogen) atoms. The first kappa shape index (κ1) is 15.0. The first-order valence-corrected chi connectivity index (χ1v) is 7.46. The molecule has 0 atom stereocenters. The third-order valence-corrected chi connectivity index (χ3v) is 3.81. The molecule has 1 fully saturated rings. The quantitative estimate of drug-likeness (QED) is 0.528. The maximum atomic E-state index is 6.00. The number of nitrogens with two attached hydrogens (primary N) is 1. The maximum Gasteiger partial charge on any atom is 0.191 e. The third kappa shape index (κ3) is 4.60. The number of ether oxygens (including phenoxy) is 1. The van der Waals surface area contributed by atoms with Crippen LogP contribution in [-0.2, 0) is 0 Å². The SMILES string of the molecule is CC1CCN(C(N)=NCCOc2ccc(Cl)cc2)CC1. The van der Waals surface area contributed by atoms with Gasteiger partial charge in [-0.25, -0.2) is 4.99 Å². The molecule has 0 saturated carbocycles. The third-order valence-electron chi connectivity index (χ3n) is 3.56. The second-order valence-corrected chi connectivity index (χ2v) is 5.65. The summed E-state index contributed by atoms with van der Waals surface area (Å²) in [7, 11) is 0. The van der Waals surface area contributed by atoms with E-state index in [2.05, 4.69) is 16.8 Å². The predicted molar refractivity (Wildman–Crippen MR) is 83.4 cm³/mol. The fourth-order valence-electron chi connectivity index (χ4n) is 2.19. The van der Waals surface area contributed by atoms with Crippen LogP contribution in [0.4, 0.5) is 0 Å². The Balaban J connectivity index is 1.71. The van der Waals surface area contributed by atoms with Crippen molar-refractivity contribution < 1.29 is 4.74 Å². The highest BCUT2D eigenvalue weighted by Gasteiger charge is 2.16. The molecule has 1 saturated heterocycles. The molecule has 0 aliphatic carbocycles. The highest BCUT2D eigenvalue weighted by molar-refractivity contribution is 6.30. The van der Waals surface area contributed by atoms with E-state index in [1.165, 1.54) is 12.8 Å². The molecule has 4 nitrogen and oxygen atoms in total. The van der Waals surface area contributed by atoms with Crippen molar-refractivity contribution in [1.82, 2.24) is 4.90 Å². The van der Waals surface area contributed by atoms with Gasteiger partial charge in [0.2, 0.25) is 0 Å². The van der Waals surface area contributed by atoms with Crippen LogP contribution in [0.25, 0.3) is 0 Å². The predicted octanol–water partition coefficient (Wildman–Crippen LogP) is 2.77. The lowest BCUT2D eigenvalue weighted by Crippen LogP contribution is -2.42. The monoisotopic (exact) mass is 295 g/mol. The van der Waals surface area contributed by atoms with E-state index in [9.17, 15) is 0 Å². The van der Waals surface area contributed by atoms with Gasteiger partial charge in [0.05, 0.1) is 6.54 Å². The van der Waals surface area contributed by atoms with Gasteiger partial charge in [0.15, 0.2) is 5.96 Å². The van der Waals surface area contributed by atoms with Crippen molar-refractivity contribution in [2.75, 3.05) is 26.2 Å². The van der Waals surface area contributed by atoms with Crippen molar-refractivity contribution in [2.45, 2.75) is 19.8 Å². The van der Waals surface area contributed by atoms with Gasteiger partial charge < -0.3 is 15.4 Å². The number of hydrogen-bond acceptors (Lipinski definition) is 2. The number of hydrogen-bond donors (Lipinski definition) is 1. The Labute approximate surface area is 125 Å². The van der Waals surface area contributed by atoms with Gasteiger partial charge in [0, 0.05) is 18.1 Å². The zero-order valence-electron chi connectivity index (χ0n) is 11.9. The van der Waals surface area contributed by atoms with Crippen LogP contribution in [0.5, 0.6) is 5.75 Å². The maximum absolute atomic E-state index is 6.00. The summed E-state index contributed by atoms with van der Waals surface area (Å²) in [6.07, 6.45) is 2.38. The molecule has 0 spiro atoms. The average molecular weight is 296 g/mol. The first-order chi connectivity index (χ1) is 9.65. The number of guanidine groups is 1. The Hall–Kier alpha value is -1.42. The molecule has 2 N–H and O–H groups in total. The number of likely N-dealkylation sites (tertiary alicyclic amines) is 1. The summed E-state index contributed by atoms with van der Waals surface area (Å²) < 4.78 is 5.58. The lowest BCUT2D eigenvalue weighted by Gasteiger charge is -2.31. The van der Waals surface area contributed by atoms with Crippen LogP contribution < -0.4 is 10.5 Å². The fourth-order valence-corrected chi connectivity index (χ4v) is 2.32. The van der Waals surface area contributed by atoms with Gasteiger partial charge in [-0.1, -0.05) is 18.5 Å². The molecule has 1 aromatic carbocycles. The summed E-state index contributed by atoms with van der Waals surface area (Å²) >= 11 is 5.81. The van der Waals surface area contributed by atoms with Gasteiger partial charge in [-0.15, -0.1) is 0 Å². The largest absolute Gasteiger partial charge is 0.492 e. The van der Waals surface area contributed by atoms with E-state index >= 15 is 0 Å². The summed E-state index contributed by atoms with van der Waals surface area (Å²) in [6, 6.07) is 7.32. The van der Waals surface area contributed by atoms with Crippen LogP contribution in [-0.4, -0.2) is 37.1 Å². The van der Waals surface area contributed by atoms with E-state index in [1.54, 1.807) is 0 Å². The molecule has 0 amide bonds. The van der Waals surface area contributed by atoms with Crippen molar-refractivity contribution in [2.24, 2.45) is 16.6 Å². The molecule has 0 bridgehead atoms. The zero-order chi connectivity index (χ0) is 14.4. The summed E-state index contributed by atoms with van der Waals surface area (Å²) in [6.45, 7) is 5.39. The number of rotatable bonds is 4. The first-order valence-electron chi connectivity index (χ1n) is 7.08. The summed E-state index contributed by atoms with van der Waals surface area (Å²) in [4.78, 5) is 6.53. The average Bonchev–Trinajstić information content (AvgIpc) is 2.46. The minimum atomic E-state index is 0.520.